The Balaban J connectivity index is 3.18. The zero-order chi connectivity index (χ0) is 10.6. The van der Waals surface area contributed by atoms with Gasteiger partial charge in [0.1, 0.15) is 0 Å². The summed E-state index contributed by atoms with van der Waals surface area (Å²) in [5, 5.41) is 9.13. The Labute approximate surface area is 91.8 Å². The Kier molecular flexibility index (Phi) is 4.22. The summed E-state index contributed by atoms with van der Waals surface area (Å²) >= 11 is 3.33. The summed E-state index contributed by atoms with van der Waals surface area (Å²) in [6, 6.07) is 3.62. The molecule has 4 heteroatoms. The highest BCUT2D eigenvalue weighted by molar-refractivity contribution is 9.10. The molecule has 1 aromatic rings. The molecule has 0 aliphatic carbocycles. The minimum absolute atomic E-state index is 0.0644. The zero-order valence-corrected chi connectivity index (χ0v) is 9.80. The highest BCUT2D eigenvalue weighted by atomic mass is 79.9. The number of methoxy groups -OCH3 is 1. The first-order chi connectivity index (χ1) is 6.72. The molecule has 0 bridgehead atoms. The predicted molar refractivity (Wildman–Crippen MR) is 57.8 cm³/mol. The van der Waals surface area contributed by atoms with E-state index in [4.69, 9.17) is 14.6 Å². The van der Waals surface area contributed by atoms with Crippen LogP contribution in [0.5, 0.6) is 11.5 Å². The number of aliphatic hydroxyl groups excluding tert-OH is 1. The fourth-order valence-corrected chi connectivity index (χ4v) is 1.68. The summed E-state index contributed by atoms with van der Waals surface area (Å²) in [7, 11) is 1.57. The van der Waals surface area contributed by atoms with Gasteiger partial charge in [-0.25, -0.2) is 0 Å². The van der Waals surface area contributed by atoms with Crippen molar-refractivity contribution in [1.82, 2.24) is 0 Å². The molecular weight excluding hydrogens is 248 g/mol. The van der Waals surface area contributed by atoms with Gasteiger partial charge in [-0.2, -0.15) is 0 Å². The SMILES string of the molecule is CCOc1c(CO)cc(Br)cc1OC. The topological polar surface area (TPSA) is 38.7 Å². The smallest absolute Gasteiger partial charge is 0.166 e. The van der Waals surface area contributed by atoms with Crippen LogP contribution >= 0.6 is 15.9 Å². The van der Waals surface area contributed by atoms with Gasteiger partial charge in [0.15, 0.2) is 11.5 Å². The largest absolute Gasteiger partial charge is 0.493 e. The molecule has 0 spiro atoms. The summed E-state index contributed by atoms with van der Waals surface area (Å²) in [4.78, 5) is 0. The molecule has 0 saturated heterocycles. The van der Waals surface area contributed by atoms with Crippen molar-refractivity contribution in [3.8, 4) is 11.5 Å². The quantitative estimate of drug-likeness (QED) is 0.904. The normalized spacial score (nSPS) is 10.0. The molecule has 3 nitrogen and oxygen atoms in total. The second-order valence-electron chi connectivity index (χ2n) is 2.69. The molecule has 0 atom stereocenters. The van der Waals surface area contributed by atoms with Gasteiger partial charge in [-0.1, -0.05) is 15.9 Å². The van der Waals surface area contributed by atoms with Crippen molar-refractivity contribution >= 4 is 15.9 Å². The molecule has 0 amide bonds. The van der Waals surface area contributed by atoms with E-state index < -0.39 is 0 Å². The number of hydrogen-bond acceptors (Lipinski definition) is 3. The van der Waals surface area contributed by atoms with Gasteiger partial charge in [-0.05, 0) is 19.1 Å². The summed E-state index contributed by atoms with van der Waals surface area (Å²) < 4.78 is 11.4. The molecule has 1 N–H and O–H groups in total. The molecule has 1 aromatic carbocycles. The van der Waals surface area contributed by atoms with E-state index in [1.807, 2.05) is 19.1 Å². The third kappa shape index (κ3) is 2.39. The molecular formula is C10H13BrO3. The Morgan fingerprint density at radius 2 is 2.14 bits per heavy atom. The average molecular weight is 261 g/mol. The standard InChI is InChI=1S/C10H13BrO3/c1-3-14-10-7(6-12)4-8(11)5-9(10)13-2/h4-5,12H,3,6H2,1-2H3. The van der Waals surface area contributed by atoms with Crippen LogP contribution in [0.4, 0.5) is 0 Å². The molecule has 0 aromatic heterocycles. The van der Waals surface area contributed by atoms with Crippen molar-refractivity contribution in [2.75, 3.05) is 13.7 Å². The van der Waals surface area contributed by atoms with Crippen LogP contribution in [0.2, 0.25) is 0 Å². The summed E-state index contributed by atoms with van der Waals surface area (Å²) in [5.74, 6) is 1.24. The highest BCUT2D eigenvalue weighted by Gasteiger charge is 2.11. The molecule has 78 valence electrons. The van der Waals surface area contributed by atoms with Gasteiger partial charge in [0, 0.05) is 10.0 Å². The molecule has 0 aliphatic heterocycles. The number of ether oxygens (including phenoxy) is 2. The number of rotatable bonds is 4. The van der Waals surface area contributed by atoms with Crippen LogP contribution < -0.4 is 9.47 Å². The van der Waals surface area contributed by atoms with Gasteiger partial charge in [-0.3, -0.25) is 0 Å². The van der Waals surface area contributed by atoms with Crippen LogP contribution in [0.25, 0.3) is 0 Å². The lowest BCUT2D eigenvalue weighted by atomic mass is 10.2. The number of benzene rings is 1. The summed E-state index contributed by atoms with van der Waals surface area (Å²) in [6.07, 6.45) is 0. The number of aliphatic hydroxyl groups is 1. The van der Waals surface area contributed by atoms with Crippen molar-refractivity contribution < 1.29 is 14.6 Å². The number of hydrogen-bond donors (Lipinski definition) is 1. The Hall–Kier alpha value is -0.740. The van der Waals surface area contributed by atoms with E-state index in [-0.39, 0.29) is 6.61 Å². The van der Waals surface area contributed by atoms with Gasteiger partial charge >= 0.3 is 0 Å². The Bertz CT molecular complexity index is 287. The molecule has 0 saturated carbocycles. The second-order valence-corrected chi connectivity index (χ2v) is 3.60. The van der Waals surface area contributed by atoms with Crippen molar-refractivity contribution in [2.24, 2.45) is 0 Å². The van der Waals surface area contributed by atoms with Crippen molar-refractivity contribution in [2.45, 2.75) is 13.5 Å². The van der Waals surface area contributed by atoms with Crippen LogP contribution in [-0.4, -0.2) is 18.8 Å². The van der Waals surface area contributed by atoms with E-state index in [1.54, 1.807) is 7.11 Å². The molecule has 0 unspecified atom stereocenters. The lowest BCUT2D eigenvalue weighted by Gasteiger charge is -2.13. The Morgan fingerprint density at radius 3 is 2.64 bits per heavy atom. The summed E-state index contributed by atoms with van der Waals surface area (Å²) in [6.45, 7) is 2.37. The second kappa shape index (κ2) is 5.22. The van der Waals surface area contributed by atoms with E-state index in [9.17, 15) is 0 Å². The first kappa shape index (κ1) is 11.3. The maximum Gasteiger partial charge on any atom is 0.166 e. The molecule has 0 radical (unpaired) electrons. The fourth-order valence-electron chi connectivity index (χ4n) is 1.20. The maximum atomic E-state index is 9.13. The van der Waals surface area contributed by atoms with Gasteiger partial charge in [0.05, 0.1) is 20.3 Å². The summed E-state index contributed by atoms with van der Waals surface area (Å²) in [5.41, 5.74) is 0.720. The lowest BCUT2D eigenvalue weighted by molar-refractivity contribution is 0.260. The zero-order valence-electron chi connectivity index (χ0n) is 8.21. The van der Waals surface area contributed by atoms with E-state index in [2.05, 4.69) is 15.9 Å². The Morgan fingerprint density at radius 1 is 1.43 bits per heavy atom. The van der Waals surface area contributed by atoms with Crippen LogP contribution in [0, 0.1) is 0 Å². The van der Waals surface area contributed by atoms with Crippen LogP contribution in [0.15, 0.2) is 16.6 Å². The van der Waals surface area contributed by atoms with Crippen molar-refractivity contribution in [1.29, 1.82) is 0 Å². The minimum Gasteiger partial charge on any atom is -0.493 e. The third-order valence-corrected chi connectivity index (χ3v) is 2.23. The van der Waals surface area contributed by atoms with Crippen LogP contribution in [-0.2, 0) is 6.61 Å². The predicted octanol–water partition coefficient (Wildman–Crippen LogP) is 2.35. The van der Waals surface area contributed by atoms with E-state index in [1.165, 1.54) is 0 Å². The molecule has 1 rings (SSSR count). The molecule has 14 heavy (non-hydrogen) atoms. The van der Waals surface area contributed by atoms with E-state index >= 15 is 0 Å². The van der Waals surface area contributed by atoms with Crippen LogP contribution in [0.3, 0.4) is 0 Å². The van der Waals surface area contributed by atoms with Gasteiger partial charge in [0.2, 0.25) is 0 Å². The van der Waals surface area contributed by atoms with Crippen molar-refractivity contribution in [3.63, 3.8) is 0 Å². The van der Waals surface area contributed by atoms with Gasteiger partial charge < -0.3 is 14.6 Å². The lowest BCUT2D eigenvalue weighted by Crippen LogP contribution is -2.00. The molecule has 0 heterocycles. The fraction of sp³-hybridized carbons (Fsp3) is 0.400. The molecule has 0 fully saturated rings. The van der Waals surface area contributed by atoms with E-state index in [0.29, 0.717) is 18.1 Å². The maximum absolute atomic E-state index is 9.13. The van der Waals surface area contributed by atoms with Gasteiger partial charge in [0.25, 0.3) is 0 Å². The van der Waals surface area contributed by atoms with Gasteiger partial charge in [-0.15, -0.1) is 0 Å². The number of halogens is 1. The minimum atomic E-state index is -0.0644. The van der Waals surface area contributed by atoms with Crippen LogP contribution in [0.1, 0.15) is 12.5 Å². The first-order valence-corrected chi connectivity index (χ1v) is 5.12. The molecule has 0 aliphatic rings. The average Bonchev–Trinajstić information content (AvgIpc) is 2.20. The monoisotopic (exact) mass is 260 g/mol. The third-order valence-electron chi connectivity index (χ3n) is 1.78. The first-order valence-electron chi connectivity index (χ1n) is 4.33. The highest BCUT2D eigenvalue weighted by Crippen LogP contribution is 2.34. The van der Waals surface area contributed by atoms with E-state index in [0.717, 1.165) is 10.0 Å². The van der Waals surface area contributed by atoms with Crippen molar-refractivity contribution in [3.05, 3.63) is 22.2 Å².